The molecule has 4 N–H and O–H groups in total. The third-order valence-corrected chi connectivity index (χ3v) is 10.1. The van der Waals surface area contributed by atoms with Gasteiger partial charge in [0.15, 0.2) is 34.6 Å². The van der Waals surface area contributed by atoms with Gasteiger partial charge in [0.1, 0.15) is 5.01 Å². The van der Waals surface area contributed by atoms with Crippen molar-refractivity contribution in [2.45, 2.75) is 0 Å². The Labute approximate surface area is 395 Å². The van der Waals surface area contributed by atoms with E-state index in [4.69, 9.17) is 70.4 Å². The van der Waals surface area contributed by atoms with Crippen molar-refractivity contribution in [1.29, 1.82) is 0 Å². The monoisotopic (exact) mass is 1020 g/mol. The van der Waals surface area contributed by atoms with E-state index in [-0.39, 0.29) is 0 Å². The normalized spacial score (nSPS) is 10.6. The van der Waals surface area contributed by atoms with E-state index < -0.39 is 11.2 Å². The average molecular weight is 1020 g/mol. The first-order chi connectivity index (χ1) is 29.7. The number of H-pyrrole nitrogens is 1. The van der Waals surface area contributed by atoms with Gasteiger partial charge in [-0.25, -0.2) is 14.6 Å². The first-order valence-corrected chi connectivity index (χ1v) is 24.1. The number of nitrogen functional groups attached to an aromatic ring is 1. The summed E-state index contributed by atoms with van der Waals surface area (Å²) in [5.41, 5.74) is 4.90. The predicted molar refractivity (Wildman–Crippen MR) is 256 cm³/mol. The molecule has 63 heavy (non-hydrogen) atoms. The second kappa shape index (κ2) is 22.6. The van der Waals surface area contributed by atoms with Gasteiger partial charge in [0.05, 0.1) is 44.0 Å². The number of carboxylic acid groups (broad SMARTS) is 1. The largest absolute Gasteiger partial charge is 0.493 e. The summed E-state index contributed by atoms with van der Waals surface area (Å²) in [5, 5.41) is 26.9. The van der Waals surface area contributed by atoms with Crippen LogP contribution < -0.4 is 34.6 Å². The molecule has 0 aliphatic carbocycles. The molecule has 3 heterocycles. The van der Waals surface area contributed by atoms with Crippen molar-refractivity contribution < 1.29 is 33.4 Å². The molecule has 0 saturated carbocycles. The standard InChI is InChI=1S/C19H18ClN5O2S.C10H11ClN4O2S.C9H11NO2.Cl3OP/c1-24(2)13-7-5-11(6-8-13)18-23-25-17(21-22-19(25)28-18)12-9-14(20)16(27-4)15(10-12)26-3;1-16-7-4-5(3-6(11)8(7)17-2)9-13-14-10(18)15(9)12;1-10(2)8-5-3-7(4-6-8)9(11)12;1-5(2,3)4/h5-10H,1-4H3;3-4H,12H2,1-2H3,(H,14,18);3-6H,1-2H3,(H,11,12);. The molecule has 17 nitrogen and oxygen atoms in total. The lowest BCUT2D eigenvalue weighted by Gasteiger charge is -2.11. The highest BCUT2D eigenvalue weighted by Gasteiger charge is 2.19. The van der Waals surface area contributed by atoms with Crippen LogP contribution in [0.25, 0.3) is 38.3 Å². The maximum atomic E-state index is 10.5. The third kappa shape index (κ3) is 13.5. The van der Waals surface area contributed by atoms with E-state index in [2.05, 4.69) is 71.1 Å². The van der Waals surface area contributed by atoms with Gasteiger partial charge in [0.2, 0.25) is 9.73 Å². The quantitative estimate of drug-likeness (QED) is 0.0663. The van der Waals surface area contributed by atoms with Crippen molar-refractivity contribution in [3.8, 4) is 56.3 Å². The number of carbonyl (C=O) groups is 1. The molecule has 3 aromatic heterocycles. The van der Waals surface area contributed by atoms with Crippen LogP contribution in [0.3, 0.4) is 0 Å². The number of hydrogen-bond acceptors (Lipinski definition) is 15. The number of rotatable bonds is 10. The number of aromatic amines is 1. The maximum Gasteiger partial charge on any atom is 0.339 e. The molecule has 0 bridgehead atoms. The van der Waals surface area contributed by atoms with E-state index in [1.54, 1.807) is 61.2 Å². The van der Waals surface area contributed by atoms with E-state index in [0.29, 0.717) is 65.6 Å². The Morgan fingerprint density at radius 2 is 1.22 bits per heavy atom. The number of methoxy groups -OCH3 is 4. The Hall–Kier alpha value is -4.98. The fourth-order valence-corrected chi connectivity index (χ4v) is 6.87. The molecule has 0 spiro atoms. The minimum absolute atomic E-state index is 0.316. The van der Waals surface area contributed by atoms with Gasteiger partial charge < -0.3 is 39.7 Å². The minimum atomic E-state index is -3.22. The summed E-state index contributed by atoms with van der Waals surface area (Å²) in [6, 6.07) is 22.0. The van der Waals surface area contributed by atoms with Gasteiger partial charge >= 0.3 is 11.2 Å². The van der Waals surface area contributed by atoms with Crippen molar-refractivity contribution in [2.75, 3.05) is 72.3 Å². The molecule has 0 aliphatic rings. The molecule has 7 aromatic rings. The minimum Gasteiger partial charge on any atom is -0.493 e. The number of aromatic nitrogens is 7. The lowest BCUT2D eigenvalue weighted by molar-refractivity contribution is 0.0697. The topological polar surface area (TPSA) is 200 Å². The highest BCUT2D eigenvalue weighted by atomic mass is 36.0. The number of nitrogens with zero attached hydrogens (tertiary/aromatic N) is 8. The second-order valence-corrected chi connectivity index (χ2v) is 21.6. The molecule has 4 aromatic carbocycles. The smallest absolute Gasteiger partial charge is 0.339 e. The molecule has 7 rings (SSSR count). The summed E-state index contributed by atoms with van der Waals surface area (Å²) in [7, 11) is 14.0. The number of hydrogen-bond donors (Lipinski definition) is 3. The van der Waals surface area contributed by atoms with Gasteiger partial charge in [-0.05, 0) is 119 Å². The Kier molecular flexibility index (Phi) is 18.2. The zero-order valence-corrected chi connectivity index (χ0v) is 40.9. The highest BCUT2D eigenvalue weighted by Crippen LogP contribution is 2.61. The highest BCUT2D eigenvalue weighted by molar-refractivity contribution is 8.24. The zero-order chi connectivity index (χ0) is 46.8. The van der Waals surface area contributed by atoms with Crippen LogP contribution in [0.5, 0.6) is 23.0 Å². The van der Waals surface area contributed by atoms with Gasteiger partial charge in [-0.1, -0.05) is 34.5 Å². The molecule has 0 unspecified atom stereocenters. The summed E-state index contributed by atoms with van der Waals surface area (Å²) in [4.78, 5) is 15.1. The van der Waals surface area contributed by atoms with Crippen LogP contribution in [-0.4, -0.2) is 102 Å². The number of fused-ring (bicyclic) bond motifs is 1. The lowest BCUT2D eigenvalue weighted by atomic mass is 10.2. The fourth-order valence-electron chi connectivity index (χ4n) is 5.32. The van der Waals surface area contributed by atoms with Gasteiger partial charge in [-0.15, -0.1) is 10.2 Å². The molecular formula is C38H40Cl5N10O7PS2. The van der Waals surface area contributed by atoms with E-state index in [0.717, 1.165) is 27.5 Å². The van der Waals surface area contributed by atoms with E-state index >= 15 is 0 Å². The molecule has 25 heteroatoms. The van der Waals surface area contributed by atoms with Crippen LogP contribution in [0.4, 0.5) is 11.4 Å². The molecule has 0 aliphatic heterocycles. The number of ether oxygens (including phenoxy) is 4. The van der Waals surface area contributed by atoms with Crippen LogP contribution in [0, 0.1) is 4.77 Å². The number of aromatic carboxylic acids is 1. The second-order valence-electron chi connectivity index (χ2n) is 12.8. The molecule has 336 valence electrons. The molecule has 0 amide bonds. The summed E-state index contributed by atoms with van der Waals surface area (Å²) in [5.74, 6) is 7.87. The van der Waals surface area contributed by atoms with Crippen molar-refractivity contribution in [1.82, 2.24) is 34.7 Å². The van der Waals surface area contributed by atoms with E-state index in [9.17, 15) is 9.36 Å². The summed E-state index contributed by atoms with van der Waals surface area (Å²) in [6.07, 6.45) is 0. The first-order valence-electron chi connectivity index (χ1n) is 17.7. The van der Waals surface area contributed by atoms with Crippen molar-refractivity contribution in [3.63, 3.8) is 0 Å². The third-order valence-electron chi connectivity index (χ3n) is 8.34. The first kappa shape index (κ1) is 50.7. The van der Waals surface area contributed by atoms with Crippen LogP contribution in [0.15, 0.2) is 72.8 Å². The van der Waals surface area contributed by atoms with Crippen molar-refractivity contribution >= 4 is 108 Å². The van der Waals surface area contributed by atoms with E-state index in [1.807, 2.05) is 51.3 Å². The predicted octanol–water partition coefficient (Wildman–Crippen LogP) is 10.5. The van der Waals surface area contributed by atoms with Crippen molar-refractivity contribution in [2.24, 2.45) is 0 Å². The summed E-state index contributed by atoms with van der Waals surface area (Å²) >= 11 is 32.7. The number of benzene rings is 4. The average Bonchev–Trinajstić information content (AvgIpc) is 3.94. The maximum absolute atomic E-state index is 10.5. The van der Waals surface area contributed by atoms with Crippen LogP contribution in [0.2, 0.25) is 10.0 Å². The van der Waals surface area contributed by atoms with Crippen LogP contribution in [0.1, 0.15) is 10.4 Å². The number of nitrogens with two attached hydrogens (primary N) is 1. The van der Waals surface area contributed by atoms with Crippen molar-refractivity contribution in [3.05, 3.63) is 93.2 Å². The Bertz CT molecular complexity index is 2750. The fraction of sp³-hybridized carbons (Fsp3) is 0.211. The number of halogens is 5. The molecular weight excluding hydrogens is 981 g/mol. The lowest BCUT2D eigenvalue weighted by Crippen LogP contribution is -2.10. The molecule has 0 fully saturated rings. The zero-order valence-electron chi connectivity index (χ0n) is 34.6. The van der Waals surface area contributed by atoms with Gasteiger partial charge in [0.25, 0.3) is 0 Å². The van der Waals surface area contributed by atoms with Crippen LogP contribution in [-0.2, 0) is 4.57 Å². The Morgan fingerprint density at radius 3 is 1.62 bits per heavy atom. The Morgan fingerprint density at radius 1 is 0.762 bits per heavy atom. The van der Waals surface area contributed by atoms with Gasteiger partial charge in [0, 0.05) is 56.3 Å². The number of nitrogens with one attached hydrogen (secondary N) is 1. The summed E-state index contributed by atoms with van der Waals surface area (Å²) < 4.78 is 33.8. The van der Waals surface area contributed by atoms with Gasteiger partial charge in [-0.3, -0.25) is 4.57 Å². The van der Waals surface area contributed by atoms with E-state index in [1.165, 1.54) is 30.2 Å². The van der Waals surface area contributed by atoms with Gasteiger partial charge in [-0.2, -0.15) is 14.7 Å². The molecule has 0 atom stereocenters. The molecule has 0 saturated heterocycles. The van der Waals surface area contributed by atoms with Crippen LogP contribution >= 0.6 is 85.7 Å². The number of anilines is 2. The molecule has 0 radical (unpaired) electrons. The summed E-state index contributed by atoms with van der Waals surface area (Å²) in [6.45, 7) is 0. The number of carboxylic acids is 1. The SMILES string of the molecule is CN(C)c1ccc(C(=O)O)cc1.COc1cc(-c2n[nH]c(=S)n2N)cc(Cl)c1OC.COc1cc(-c2nnc3sc(-c4ccc(N(C)C)cc4)nn23)cc(Cl)c1OC.O=P(Cl)(Cl)Cl. The Balaban J connectivity index is 0.000000213.